The first kappa shape index (κ1) is 17.8. The summed E-state index contributed by atoms with van der Waals surface area (Å²) in [6, 6.07) is 7.53. The number of hydrogen-bond donors (Lipinski definition) is 3. The summed E-state index contributed by atoms with van der Waals surface area (Å²) in [5.41, 5.74) is 1.78. The molecule has 7 nitrogen and oxygen atoms in total. The molecule has 0 atom stereocenters. The summed E-state index contributed by atoms with van der Waals surface area (Å²) in [5, 5.41) is 8.86. The Kier molecular flexibility index (Phi) is 5.78. The topological polar surface area (TPSA) is 96.0 Å². The second-order valence-corrected chi connectivity index (χ2v) is 6.48. The molecule has 1 heterocycles. The van der Waals surface area contributed by atoms with Crippen LogP contribution in [-0.2, 0) is 4.79 Å². The zero-order valence-corrected chi connectivity index (χ0v) is 14.8. The van der Waals surface area contributed by atoms with E-state index in [1.165, 1.54) is 25.7 Å². The number of carbonyl (C=O) groups is 2. The Hall–Kier alpha value is -2.96. The number of benzene rings is 1. The Morgan fingerprint density at radius 1 is 1.04 bits per heavy atom. The maximum atomic E-state index is 12.3. The lowest BCUT2D eigenvalue weighted by molar-refractivity contribution is -0.114. The quantitative estimate of drug-likeness (QED) is 0.767. The summed E-state index contributed by atoms with van der Waals surface area (Å²) in [4.78, 5) is 31.9. The van der Waals surface area contributed by atoms with Crippen molar-refractivity contribution in [1.82, 2.24) is 15.3 Å². The molecule has 1 aliphatic rings. The molecule has 0 saturated heterocycles. The number of nitrogens with one attached hydrogen (secondary N) is 3. The van der Waals surface area contributed by atoms with E-state index >= 15 is 0 Å². The third kappa shape index (κ3) is 5.02. The molecule has 0 unspecified atom stereocenters. The molecule has 0 radical (unpaired) electrons. The van der Waals surface area contributed by atoms with Gasteiger partial charge in [-0.1, -0.05) is 25.3 Å². The van der Waals surface area contributed by atoms with E-state index in [4.69, 9.17) is 0 Å². The van der Waals surface area contributed by atoms with Gasteiger partial charge in [0.15, 0.2) is 0 Å². The van der Waals surface area contributed by atoms with E-state index in [0.717, 1.165) is 31.4 Å². The molecule has 3 N–H and O–H groups in total. The van der Waals surface area contributed by atoms with E-state index in [2.05, 4.69) is 25.9 Å². The minimum Gasteiger partial charge on any atom is -0.348 e. The minimum absolute atomic E-state index is 0.129. The number of nitrogens with zero attached hydrogens (tertiary/aromatic N) is 2. The predicted octanol–water partition coefficient (Wildman–Crippen LogP) is 3.24. The molecule has 26 heavy (non-hydrogen) atoms. The zero-order chi connectivity index (χ0) is 18.4. The largest absolute Gasteiger partial charge is 0.348 e. The van der Waals surface area contributed by atoms with Gasteiger partial charge in [0.25, 0.3) is 5.91 Å². The molecule has 0 aliphatic heterocycles. The molecule has 1 aliphatic carbocycles. The fourth-order valence-electron chi connectivity index (χ4n) is 3.04. The summed E-state index contributed by atoms with van der Waals surface area (Å²) < 4.78 is 0. The van der Waals surface area contributed by atoms with Gasteiger partial charge in [0.05, 0.1) is 12.4 Å². The lowest BCUT2D eigenvalue weighted by Gasteiger charge is -2.22. The van der Waals surface area contributed by atoms with Crippen LogP contribution < -0.4 is 16.0 Å². The van der Waals surface area contributed by atoms with Gasteiger partial charge in [0.1, 0.15) is 11.5 Å². The van der Waals surface area contributed by atoms with E-state index in [-0.39, 0.29) is 17.9 Å². The minimum atomic E-state index is -0.177. The Balaban J connectivity index is 1.60. The number of carbonyl (C=O) groups excluding carboxylic acids is 2. The molecule has 1 saturated carbocycles. The number of rotatable bonds is 5. The highest BCUT2D eigenvalue weighted by Crippen LogP contribution is 2.19. The van der Waals surface area contributed by atoms with Crippen molar-refractivity contribution in [2.24, 2.45) is 0 Å². The van der Waals surface area contributed by atoms with Crippen LogP contribution in [0.3, 0.4) is 0 Å². The molecule has 1 fully saturated rings. The number of amides is 2. The monoisotopic (exact) mass is 353 g/mol. The molecule has 2 aromatic rings. The Bertz CT molecular complexity index is 770. The van der Waals surface area contributed by atoms with Crippen LogP contribution in [0, 0.1) is 0 Å². The van der Waals surface area contributed by atoms with E-state index in [1.54, 1.807) is 12.1 Å². The van der Waals surface area contributed by atoms with E-state index in [9.17, 15) is 9.59 Å². The van der Waals surface area contributed by atoms with Crippen LogP contribution in [0.4, 0.5) is 17.2 Å². The normalized spacial score (nSPS) is 14.5. The van der Waals surface area contributed by atoms with Crippen molar-refractivity contribution in [1.29, 1.82) is 0 Å². The Morgan fingerprint density at radius 2 is 1.81 bits per heavy atom. The van der Waals surface area contributed by atoms with E-state index in [1.807, 2.05) is 12.1 Å². The predicted molar refractivity (Wildman–Crippen MR) is 100 cm³/mol. The van der Waals surface area contributed by atoms with Crippen LogP contribution in [-0.4, -0.2) is 27.8 Å². The molecule has 3 rings (SSSR count). The van der Waals surface area contributed by atoms with Gasteiger partial charge >= 0.3 is 0 Å². The SMILES string of the molecule is CC(=O)Nc1cccc(Nc2cnc(C(=O)NC3CCCCC3)cn2)c1. The van der Waals surface area contributed by atoms with Crippen molar-refractivity contribution in [3.63, 3.8) is 0 Å². The fraction of sp³-hybridized carbons (Fsp3) is 0.368. The summed E-state index contributed by atoms with van der Waals surface area (Å²) in [6.07, 6.45) is 8.63. The maximum Gasteiger partial charge on any atom is 0.271 e. The fourth-order valence-corrected chi connectivity index (χ4v) is 3.04. The third-order valence-corrected chi connectivity index (χ3v) is 4.28. The summed E-state index contributed by atoms with van der Waals surface area (Å²) in [7, 11) is 0. The van der Waals surface area contributed by atoms with Crippen LogP contribution in [0.1, 0.15) is 49.5 Å². The van der Waals surface area contributed by atoms with Crippen LogP contribution >= 0.6 is 0 Å². The van der Waals surface area contributed by atoms with E-state index in [0.29, 0.717) is 17.2 Å². The molecule has 2 amide bonds. The first-order chi connectivity index (χ1) is 12.6. The van der Waals surface area contributed by atoms with Crippen molar-refractivity contribution in [3.05, 3.63) is 42.4 Å². The second-order valence-electron chi connectivity index (χ2n) is 6.48. The number of aromatic nitrogens is 2. The van der Waals surface area contributed by atoms with Crippen LogP contribution in [0.5, 0.6) is 0 Å². The van der Waals surface area contributed by atoms with Gasteiger partial charge in [-0.05, 0) is 31.0 Å². The molecule has 0 spiro atoms. The lowest BCUT2D eigenvalue weighted by atomic mass is 9.95. The average Bonchev–Trinajstić information content (AvgIpc) is 2.63. The molecular formula is C19H23N5O2. The third-order valence-electron chi connectivity index (χ3n) is 4.28. The van der Waals surface area contributed by atoms with Gasteiger partial charge in [0, 0.05) is 24.3 Å². The summed E-state index contributed by atoms with van der Waals surface area (Å²) in [6.45, 7) is 1.46. The summed E-state index contributed by atoms with van der Waals surface area (Å²) in [5.74, 6) is 0.220. The van der Waals surface area contributed by atoms with Crippen LogP contribution in [0.25, 0.3) is 0 Å². The van der Waals surface area contributed by atoms with Gasteiger partial charge < -0.3 is 16.0 Å². The number of anilines is 3. The van der Waals surface area contributed by atoms with Crippen molar-refractivity contribution in [2.75, 3.05) is 10.6 Å². The number of hydrogen-bond acceptors (Lipinski definition) is 5. The Labute approximate surface area is 152 Å². The Morgan fingerprint density at radius 3 is 2.50 bits per heavy atom. The molecule has 136 valence electrons. The second kappa shape index (κ2) is 8.42. The maximum absolute atomic E-state index is 12.3. The lowest BCUT2D eigenvalue weighted by Crippen LogP contribution is -2.36. The highest BCUT2D eigenvalue weighted by Gasteiger charge is 2.17. The first-order valence-corrected chi connectivity index (χ1v) is 8.88. The highest BCUT2D eigenvalue weighted by atomic mass is 16.2. The standard InChI is InChI=1S/C19H23N5O2/c1-13(25)22-15-8-5-9-16(10-15)23-18-12-20-17(11-21-18)19(26)24-14-6-3-2-4-7-14/h5,8-12,14H,2-4,6-7H2,1H3,(H,21,23)(H,22,25)(H,24,26). The van der Waals surface area contributed by atoms with E-state index < -0.39 is 0 Å². The molecule has 7 heteroatoms. The molecule has 1 aromatic heterocycles. The van der Waals surface area contributed by atoms with Crippen LogP contribution in [0.15, 0.2) is 36.7 Å². The van der Waals surface area contributed by atoms with Gasteiger partial charge in [-0.2, -0.15) is 0 Å². The van der Waals surface area contributed by atoms with Gasteiger partial charge in [-0.3, -0.25) is 9.59 Å². The van der Waals surface area contributed by atoms with Crippen LogP contribution in [0.2, 0.25) is 0 Å². The van der Waals surface area contributed by atoms with Crippen molar-refractivity contribution < 1.29 is 9.59 Å². The van der Waals surface area contributed by atoms with Gasteiger partial charge in [-0.25, -0.2) is 9.97 Å². The highest BCUT2D eigenvalue weighted by molar-refractivity contribution is 5.92. The summed E-state index contributed by atoms with van der Waals surface area (Å²) >= 11 is 0. The van der Waals surface area contributed by atoms with Gasteiger partial charge in [-0.15, -0.1) is 0 Å². The zero-order valence-electron chi connectivity index (χ0n) is 14.8. The van der Waals surface area contributed by atoms with Crippen molar-refractivity contribution in [3.8, 4) is 0 Å². The average molecular weight is 353 g/mol. The molecule has 0 bridgehead atoms. The molecule has 1 aromatic carbocycles. The van der Waals surface area contributed by atoms with Crippen molar-refractivity contribution >= 4 is 29.0 Å². The van der Waals surface area contributed by atoms with Crippen molar-refractivity contribution in [2.45, 2.75) is 45.1 Å². The molecular weight excluding hydrogens is 330 g/mol. The smallest absolute Gasteiger partial charge is 0.271 e. The van der Waals surface area contributed by atoms with Gasteiger partial charge in [0.2, 0.25) is 5.91 Å². The first-order valence-electron chi connectivity index (χ1n) is 8.88.